The molecule has 0 amide bonds. The van der Waals surface area contributed by atoms with Gasteiger partial charge in [0.1, 0.15) is 30.3 Å². The highest BCUT2D eigenvalue weighted by molar-refractivity contribution is 5.35. The van der Waals surface area contributed by atoms with Gasteiger partial charge in [-0.3, -0.25) is 0 Å². The van der Waals surface area contributed by atoms with Crippen molar-refractivity contribution in [3.63, 3.8) is 0 Å². The summed E-state index contributed by atoms with van der Waals surface area (Å²) in [7, 11) is 0. The van der Waals surface area contributed by atoms with Crippen molar-refractivity contribution in [3.8, 4) is 23.3 Å². The normalized spacial score (nSPS) is 16.5. The van der Waals surface area contributed by atoms with Crippen molar-refractivity contribution in [1.29, 1.82) is 0 Å². The first-order valence-corrected chi connectivity index (χ1v) is 13.4. The fraction of sp³-hybridized carbons (Fsp3) is 0.548. The number of hydrogen-bond acceptors (Lipinski definition) is 4. The second-order valence-electron chi connectivity index (χ2n) is 9.38. The quantitative estimate of drug-likeness (QED) is 0.379. The molecule has 1 N–H and O–H groups in total. The first-order valence-electron chi connectivity index (χ1n) is 13.4. The molecule has 1 aliphatic heterocycles. The lowest BCUT2D eigenvalue weighted by Gasteiger charge is -2.24. The summed E-state index contributed by atoms with van der Waals surface area (Å²) < 4.78 is 17.6. The molecule has 4 heteroatoms. The average Bonchev–Trinajstić information content (AvgIpc) is 2.88. The van der Waals surface area contributed by atoms with E-state index in [4.69, 9.17) is 14.2 Å². The van der Waals surface area contributed by atoms with Crippen molar-refractivity contribution in [3.05, 3.63) is 59.7 Å². The summed E-state index contributed by atoms with van der Waals surface area (Å²) in [5.74, 6) is 8.28. The third-order valence-electron chi connectivity index (χ3n) is 6.51. The van der Waals surface area contributed by atoms with Crippen molar-refractivity contribution < 1.29 is 19.3 Å². The van der Waals surface area contributed by atoms with E-state index >= 15 is 0 Å². The highest BCUT2D eigenvalue weighted by Gasteiger charge is 2.25. The summed E-state index contributed by atoms with van der Waals surface area (Å²) in [5.41, 5.74) is 1.14. The lowest BCUT2D eigenvalue weighted by molar-refractivity contribution is 0.0726. The molecule has 2 aromatic rings. The van der Waals surface area contributed by atoms with Crippen molar-refractivity contribution >= 4 is 0 Å². The van der Waals surface area contributed by atoms with Crippen LogP contribution in [0.3, 0.4) is 0 Å². The van der Waals surface area contributed by atoms with E-state index in [1.165, 1.54) is 32.1 Å². The molecule has 0 spiro atoms. The van der Waals surface area contributed by atoms with Crippen LogP contribution < -0.4 is 9.47 Å². The Morgan fingerprint density at radius 2 is 1.29 bits per heavy atom. The van der Waals surface area contributed by atoms with Gasteiger partial charge in [0.2, 0.25) is 0 Å². The summed E-state index contributed by atoms with van der Waals surface area (Å²) in [6, 6.07) is 16.1. The maximum atomic E-state index is 11.6. The zero-order chi connectivity index (χ0) is 24.6. The topological polar surface area (TPSA) is 47.9 Å². The molecule has 0 aliphatic carbocycles. The van der Waals surface area contributed by atoms with Crippen LogP contribution in [0.5, 0.6) is 11.5 Å². The Labute approximate surface area is 212 Å². The van der Waals surface area contributed by atoms with E-state index in [1.54, 1.807) is 0 Å². The molecule has 1 aliphatic rings. The predicted octanol–water partition coefficient (Wildman–Crippen LogP) is 6.52. The van der Waals surface area contributed by atoms with Gasteiger partial charge in [-0.05, 0) is 55.4 Å². The van der Waals surface area contributed by atoms with Gasteiger partial charge < -0.3 is 19.3 Å². The number of aryl methyl sites for hydroxylation is 2. The van der Waals surface area contributed by atoms with E-state index in [2.05, 4.69) is 30.9 Å². The fourth-order valence-corrected chi connectivity index (χ4v) is 4.38. The van der Waals surface area contributed by atoms with Crippen LogP contribution in [0.15, 0.2) is 48.5 Å². The molecular formula is C31H42O4. The van der Waals surface area contributed by atoms with Crippen molar-refractivity contribution in [2.24, 2.45) is 0 Å². The van der Waals surface area contributed by atoms with Gasteiger partial charge in [0.25, 0.3) is 0 Å². The first kappa shape index (κ1) is 27.1. The molecule has 0 saturated carbocycles. The molecule has 190 valence electrons. The monoisotopic (exact) mass is 478 g/mol. The molecule has 0 aromatic heterocycles. The van der Waals surface area contributed by atoms with Crippen LogP contribution in [0.1, 0.15) is 75.8 Å². The van der Waals surface area contributed by atoms with Gasteiger partial charge >= 0.3 is 0 Å². The Hall–Kier alpha value is -2.48. The molecule has 4 nitrogen and oxygen atoms in total. The zero-order valence-corrected chi connectivity index (χ0v) is 21.4. The number of fused-ring (bicyclic) bond motifs is 2. The summed E-state index contributed by atoms with van der Waals surface area (Å²) in [6.07, 6.45) is 10.9. The summed E-state index contributed by atoms with van der Waals surface area (Å²) in [5, 5.41) is 11.6. The van der Waals surface area contributed by atoms with Gasteiger partial charge in [-0.1, -0.05) is 81.3 Å². The second kappa shape index (κ2) is 15.5. The molecule has 35 heavy (non-hydrogen) atoms. The van der Waals surface area contributed by atoms with Gasteiger partial charge in [-0.25, -0.2) is 0 Å². The standard InChI is InChI=1S/C31H42O4/c1-2-3-4-5-6-7-8-13-20-31(32)21-18-27-14-9-11-16-29(27)34-25-23-33-24-26-35-30-17-12-10-15-28(30)19-22-31/h9-12,14-17,32H,2-8,18-19,21-26H2,1H3. The van der Waals surface area contributed by atoms with Crippen LogP contribution in [0.25, 0.3) is 0 Å². The number of rotatable bonds is 6. The largest absolute Gasteiger partial charge is 0.491 e. The number of unbranched alkanes of at least 4 members (excludes halogenated alkanes) is 6. The van der Waals surface area contributed by atoms with E-state index in [1.807, 2.05) is 36.4 Å². The number of benzene rings is 2. The molecule has 0 atom stereocenters. The smallest absolute Gasteiger partial charge is 0.126 e. The first-order chi connectivity index (χ1) is 17.2. The predicted molar refractivity (Wildman–Crippen MR) is 142 cm³/mol. The van der Waals surface area contributed by atoms with Crippen LogP contribution in [-0.2, 0) is 17.6 Å². The van der Waals surface area contributed by atoms with Crippen LogP contribution >= 0.6 is 0 Å². The van der Waals surface area contributed by atoms with Gasteiger partial charge in [-0.2, -0.15) is 0 Å². The minimum Gasteiger partial charge on any atom is -0.491 e. The van der Waals surface area contributed by atoms with Gasteiger partial charge in [-0.15, -0.1) is 5.92 Å². The lowest BCUT2D eigenvalue weighted by atomic mass is 9.88. The molecule has 2 aromatic carbocycles. The third-order valence-corrected chi connectivity index (χ3v) is 6.51. The molecule has 0 unspecified atom stereocenters. The summed E-state index contributed by atoms with van der Waals surface area (Å²) in [6.45, 7) is 4.22. The molecule has 0 bridgehead atoms. The van der Waals surface area contributed by atoms with Crippen LogP contribution in [0.2, 0.25) is 0 Å². The second-order valence-corrected chi connectivity index (χ2v) is 9.38. The number of aliphatic hydroxyl groups is 1. The Morgan fingerprint density at radius 3 is 1.89 bits per heavy atom. The number of hydrogen-bond donors (Lipinski definition) is 1. The molecule has 0 fully saturated rings. The highest BCUT2D eigenvalue weighted by Crippen LogP contribution is 2.28. The highest BCUT2D eigenvalue weighted by atomic mass is 16.5. The minimum atomic E-state index is -1.05. The van der Waals surface area contributed by atoms with E-state index < -0.39 is 5.60 Å². The zero-order valence-electron chi connectivity index (χ0n) is 21.4. The maximum absolute atomic E-state index is 11.6. The van der Waals surface area contributed by atoms with Crippen molar-refractivity contribution in [1.82, 2.24) is 0 Å². The minimum absolute atomic E-state index is 0.482. The van der Waals surface area contributed by atoms with E-state index in [9.17, 15) is 5.11 Å². The molecule has 1 heterocycles. The van der Waals surface area contributed by atoms with E-state index in [0.29, 0.717) is 52.1 Å². The van der Waals surface area contributed by atoms with Crippen LogP contribution in [0, 0.1) is 11.8 Å². The SMILES string of the molecule is CCCCCCCCC#CC1(O)CCc2ccccc2OCCOCCOc2ccccc2CC1. The summed E-state index contributed by atoms with van der Waals surface area (Å²) >= 11 is 0. The Bertz CT molecular complexity index is 871. The Kier molecular flexibility index (Phi) is 12.0. The van der Waals surface area contributed by atoms with Crippen molar-refractivity contribution in [2.45, 2.75) is 83.2 Å². The molecule has 3 rings (SSSR count). The van der Waals surface area contributed by atoms with E-state index in [-0.39, 0.29) is 0 Å². The van der Waals surface area contributed by atoms with Crippen LogP contribution in [0.4, 0.5) is 0 Å². The van der Waals surface area contributed by atoms with Gasteiger partial charge in [0.05, 0.1) is 13.2 Å². The fourth-order valence-electron chi connectivity index (χ4n) is 4.38. The molecular weight excluding hydrogens is 436 g/mol. The number of ether oxygens (including phenoxy) is 3. The lowest BCUT2D eigenvalue weighted by Crippen LogP contribution is -2.28. The molecule has 0 saturated heterocycles. The van der Waals surface area contributed by atoms with Crippen molar-refractivity contribution in [2.75, 3.05) is 26.4 Å². The van der Waals surface area contributed by atoms with Crippen LogP contribution in [-0.4, -0.2) is 37.1 Å². The van der Waals surface area contributed by atoms with Gasteiger partial charge in [0, 0.05) is 6.42 Å². The number of para-hydroxylation sites is 2. The summed E-state index contributed by atoms with van der Waals surface area (Å²) in [4.78, 5) is 0. The van der Waals surface area contributed by atoms with E-state index in [0.717, 1.165) is 35.5 Å². The average molecular weight is 479 g/mol. The molecule has 0 radical (unpaired) electrons. The third kappa shape index (κ3) is 9.96. The van der Waals surface area contributed by atoms with Gasteiger partial charge in [0.15, 0.2) is 0 Å². The maximum Gasteiger partial charge on any atom is 0.126 e. The Balaban J connectivity index is 1.71. The Morgan fingerprint density at radius 1 is 0.743 bits per heavy atom.